The van der Waals surface area contributed by atoms with Crippen molar-refractivity contribution < 1.29 is 23.7 Å². The van der Waals surface area contributed by atoms with Gasteiger partial charge in [0, 0.05) is 13.2 Å². The van der Waals surface area contributed by atoms with Crippen LogP contribution in [-0.2, 0) is 14.2 Å². The van der Waals surface area contributed by atoms with Gasteiger partial charge in [0.15, 0.2) is 0 Å². The summed E-state index contributed by atoms with van der Waals surface area (Å²) in [7, 11) is 3.02. The number of halogens is 1. The minimum Gasteiger partial charge on any atom is -0.496 e. The highest BCUT2D eigenvalue weighted by Crippen LogP contribution is 2.29. The summed E-state index contributed by atoms with van der Waals surface area (Å²) in [6.45, 7) is 1.37. The van der Waals surface area contributed by atoms with E-state index in [0.717, 1.165) is 0 Å². The molecule has 112 valence electrons. The number of benzene rings is 1. The van der Waals surface area contributed by atoms with Gasteiger partial charge in [-0.25, -0.2) is 4.79 Å². The molecule has 0 saturated carbocycles. The van der Waals surface area contributed by atoms with Gasteiger partial charge < -0.3 is 24.7 Å². The lowest BCUT2D eigenvalue weighted by Gasteiger charge is -2.10. The molecule has 0 bridgehead atoms. The molecule has 7 heteroatoms. The summed E-state index contributed by atoms with van der Waals surface area (Å²) in [6, 6.07) is 2.90. The van der Waals surface area contributed by atoms with Crippen LogP contribution in [0.5, 0.6) is 5.75 Å². The van der Waals surface area contributed by atoms with Crippen LogP contribution >= 0.6 is 11.6 Å². The second kappa shape index (κ2) is 8.63. The Morgan fingerprint density at radius 2 is 1.90 bits per heavy atom. The topological polar surface area (TPSA) is 80.0 Å². The Morgan fingerprint density at radius 1 is 1.20 bits per heavy atom. The summed E-state index contributed by atoms with van der Waals surface area (Å²) in [5, 5.41) is 0.272. The van der Waals surface area contributed by atoms with E-state index < -0.39 is 5.97 Å². The molecule has 0 spiro atoms. The van der Waals surface area contributed by atoms with Crippen molar-refractivity contribution in [3.63, 3.8) is 0 Å². The highest BCUT2D eigenvalue weighted by molar-refractivity contribution is 6.33. The minimum absolute atomic E-state index is 0.133. The van der Waals surface area contributed by atoms with E-state index in [2.05, 4.69) is 0 Å². The van der Waals surface area contributed by atoms with Gasteiger partial charge in [-0.2, -0.15) is 0 Å². The summed E-state index contributed by atoms with van der Waals surface area (Å²) in [5.41, 5.74) is 6.20. The molecular formula is C13H18ClNO5. The van der Waals surface area contributed by atoms with Crippen LogP contribution in [0.1, 0.15) is 10.4 Å². The van der Waals surface area contributed by atoms with Crippen LogP contribution < -0.4 is 10.5 Å². The van der Waals surface area contributed by atoms with Crippen molar-refractivity contribution in [1.82, 2.24) is 0 Å². The van der Waals surface area contributed by atoms with Gasteiger partial charge >= 0.3 is 5.97 Å². The normalized spacial score (nSPS) is 10.3. The number of nitrogens with two attached hydrogens (primary N) is 1. The molecule has 1 aromatic rings. The van der Waals surface area contributed by atoms with E-state index in [1.165, 1.54) is 19.2 Å². The number of nitrogen functional groups attached to an aromatic ring is 1. The third kappa shape index (κ3) is 4.88. The molecule has 0 unspecified atom stereocenters. The van der Waals surface area contributed by atoms with Crippen LogP contribution in [0.2, 0.25) is 5.02 Å². The van der Waals surface area contributed by atoms with Crippen LogP contribution in [0.4, 0.5) is 5.69 Å². The molecule has 0 atom stereocenters. The smallest absolute Gasteiger partial charge is 0.342 e. The van der Waals surface area contributed by atoms with Crippen LogP contribution in [0, 0.1) is 0 Å². The Kier molecular flexibility index (Phi) is 7.14. The molecule has 0 aliphatic rings. The van der Waals surface area contributed by atoms with Crippen molar-refractivity contribution in [2.45, 2.75) is 0 Å². The predicted octanol–water partition coefficient (Wildman–Crippen LogP) is 1.75. The molecule has 0 fully saturated rings. The Bertz CT molecular complexity index is 453. The Balaban J connectivity index is 2.53. The number of hydrogen-bond donors (Lipinski definition) is 1. The van der Waals surface area contributed by atoms with Crippen molar-refractivity contribution in [1.29, 1.82) is 0 Å². The number of hydrogen-bond acceptors (Lipinski definition) is 6. The minimum atomic E-state index is -0.543. The molecule has 1 rings (SSSR count). The SMILES string of the molecule is COCCOCCOC(=O)c1cc(Cl)c(N)cc1OC. The van der Waals surface area contributed by atoms with E-state index in [1.54, 1.807) is 7.11 Å². The van der Waals surface area contributed by atoms with Gasteiger partial charge in [-0.1, -0.05) is 11.6 Å². The molecule has 0 aliphatic carbocycles. The second-order valence-corrected chi connectivity index (χ2v) is 4.22. The van der Waals surface area contributed by atoms with Crippen molar-refractivity contribution in [3.05, 3.63) is 22.7 Å². The van der Waals surface area contributed by atoms with Gasteiger partial charge in [-0.05, 0) is 6.07 Å². The first-order valence-electron chi connectivity index (χ1n) is 5.97. The lowest BCUT2D eigenvalue weighted by molar-refractivity contribution is 0.0211. The molecule has 0 radical (unpaired) electrons. The third-order valence-electron chi connectivity index (χ3n) is 2.43. The maximum Gasteiger partial charge on any atom is 0.342 e. The molecule has 0 saturated heterocycles. The maximum atomic E-state index is 11.9. The van der Waals surface area contributed by atoms with Gasteiger partial charge in [0.1, 0.15) is 17.9 Å². The van der Waals surface area contributed by atoms with Gasteiger partial charge in [0.2, 0.25) is 0 Å². The Morgan fingerprint density at radius 3 is 2.55 bits per heavy atom. The van der Waals surface area contributed by atoms with Crippen LogP contribution in [0.15, 0.2) is 12.1 Å². The summed E-state index contributed by atoms with van der Waals surface area (Å²) in [5.74, 6) is -0.226. The lowest BCUT2D eigenvalue weighted by atomic mass is 10.2. The van der Waals surface area contributed by atoms with Crippen molar-refractivity contribution in [2.24, 2.45) is 0 Å². The molecule has 2 N–H and O–H groups in total. The summed E-state index contributed by atoms with van der Waals surface area (Å²) in [6.07, 6.45) is 0. The zero-order valence-electron chi connectivity index (χ0n) is 11.5. The van der Waals surface area contributed by atoms with Gasteiger partial charge in [0.05, 0.1) is 37.6 Å². The predicted molar refractivity (Wildman–Crippen MR) is 75.4 cm³/mol. The molecule has 0 heterocycles. The molecule has 6 nitrogen and oxygen atoms in total. The van der Waals surface area contributed by atoms with Crippen LogP contribution in [-0.4, -0.2) is 46.6 Å². The Labute approximate surface area is 122 Å². The van der Waals surface area contributed by atoms with E-state index in [1.807, 2.05) is 0 Å². The summed E-state index contributed by atoms with van der Waals surface area (Å²) < 4.78 is 20.1. The number of carbonyl (C=O) groups is 1. The van der Waals surface area contributed by atoms with Gasteiger partial charge in [-0.3, -0.25) is 0 Å². The van der Waals surface area contributed by atoms with Crippen molar-refractivity contribution in [3.8, 4) is 5.75 Å². The third-order valence-corrected chi connectivity index (χ3v) is 2.76. The van der Waals surface area contributed by atoms with Gasteiger partial charge in [-0.15, -0.1) is 0 Å². The van der Waals surface area contributed by atoms with Crippen LogP contribution in [0.3, 0.4) is 0 Å². The van der Waals surface area contributed by atoms with E-state index >= 15 is 0 Å². The molecule has 20 heavy (non-hydrogen) atoms. The fourth-order valence-electron chi connectivity index (χ4n) is 1.41. The first-order chi connectivity index (χ1) is 9.60. The van der Waals surface area contributed by atoms with E-state index in [-0.39, 0.29) is 17.2 Å². The highest BCUT2D eigenvalue weighted by atomic mass is 35.5. The standard InChI is InChI=1S/C13H18ClNO5/c1-17-3-4-19-5-6-20-13(16)9-7-10(14)11(15)8-12(9)18-2/h7-8H,3-6,15H2,1-2H3. The molecule has 0 amide bonds. The lowest BCUT2D eigenvalue weighted by Crippen LogP contribution is -2.13. The number of carbonyl (C=O) groups excluding carboxylic acids is 1. The number of rotatable bonds is 8. The quantitative estimate of drug-likeness (QED) is 0.448. The number of methoxy groups -OCH3 is 2. The maximum absolute atomic E-state index is 11.9. The second-order valence-electron chi connectivity index (χ2n) is 3.82. The zero-order chi connectivity index (χ0) is 15.0. The molecule has 0 aliphatic heterocycles. The highest BCUT2D eigenvalue weighted by Gasteiger charge is 2.16. The Hall–Kier alpha value is -1.50. The number of anilines is 1. The first kappa shape index (κ1) is 16.6. The number of ether oxygens (including phenoxy) is 4. The molecule has 1 aromatic carbocycles. The van der Waals surface area contributed by atoms with Crippen LogP contribution in [0.25, 0.3) is 0 Å². The summed E-state index contributed by atoms with van der Waals surface area (Å²) >= 11 is 5.88. The van der Waals surface area contributed by atoms with E-state index in [4.69, 9.17) is 36.3 Å². The van der Waals surface area contributed by atoms with Crippen molar-refractivity contribution in [2.75, 3.05) is 46.4 Å². The van der Waals surface area contributed by atoms with Gasteiger partial charge in [0.25, 0.3) is 0 Å². The largest absolute Gasteiger partial charge is 0.496 e. The summed E-state index contributed by atoms with van der Waals surface area (Å²) in [4.78, 5) is 11.9. The number of esters is 1. The monoisotopic (exact) mass is 303 g/mol. The van der Waals surface area contributed by atoms with Crippen molar-refractivity contribution >= 4 is 23.3 Å². The molecular weight excluding hydrogens is 286 g/mol. The average Bonchev–Trinajstić information content (AvgIpc) is 2.44. The fourth-order valence-corrected chi connectivity index (χ4v) is 1.58. The van der Waals surface area contributed by atoms with E-state index in [9.17, 15) is 4.79 Å². The van der Waals surface area contributed by atoms with E-state index in [0.29, 0.717) is 31.3 Å². The zero-order valence-corrected chi connectivity index (χ0v) is 12.2. The first-order valence-corrected chi connectivity index (χ1v) is 6.34. The molecule has 0 aromatic heterocycles. The fraction of sp³-hybridized carbons (Fsp3) is 0.462. The average molecular weight is 304 g/mol.